The van der Waals surface area contributed by atoms with Crippen LogP contribution in [0.25, 0.3) is 0 Å². The van der Waals surface area contributed by atoms with Gasteiger partial charge in [0.05, 0.1) is 6.54 Å². The van der Waals surface area contributed by atoms with Crippen molar-refractivity contribution in [3.05, 3.63) is 60.2 Å². The Morgan fingerprint density at radius 1 is 1.15 bits per heavy atom. The van der Waals surface area contributed by atoms with E-state index in [2.05, 4.69) is 25.3 Å². The molecule has 0 amide bonds. The monoisotopic (exact) mass is 379 g/mol. The van der Waals surface area contributed by atoms with Crippen LogP contribution in [0.2, 0.25) is 0 Å². The lowest BCUT2D eigenvalue weighted by molar-refractivity contribution is 0.580. The lowest BCUT2D eigenvalue weighted by atomic mass is 10.2. The highest BCUT2D eigenvalue weighted by Gasteiger charge is 2.12. The Bertz CT molecular complexity index is 828. The Kier molecular flexibility index (Phi) is 7.49. The van der Waals surface area contributed by atoms with Gasteiger partial charge in [-0.3, -0.25) is 4.98 Å². The fourth-order valence-corrected chi connectivity index (χ4v) is 3.08. The molecule has 0 atom stereocenters. The third-order valence-corrected chi connectivity index (χ3v) is 4.81. The molecule has 3 N–H and O–H groups in total. The first-order valence-corrected chi connectivity index (χ1v) is 9.66. The zero-order valence-electron chi connectivity index (χ0n) is 14.4. The third kappa shape index (κ3) is 6.08. The maximum atomic E-state index is 13.6. The molecule has 0 fully saturated rings. The zero-order valence-corrected chi connectivity index (χ0v) is 15.3. The first kappa shape index (κ1) is 19.8. The summed E-state index contributed by atoms with van der Waals surface area (Å²) in [6.45, 7) is 3.21. The number of aromatic nitrogens is 1. The molecule has 0 aliphatic heterocycles. The van der Waals surface area contributed by atoms with Crippen LogP contribution in [-0.2, 0) is 16.6 Å². The van der Waals surface area contributed by atoms with Crippen molar-refractivity contribution >= 4 is 16.0 Å². The summed E-state index contributed by atoms with van der Waals surface area (Å²) in [6, 6.07) is 9.47. The average molecular weight is 379 g/mol. The first-order valence-electron chi connectivity index (χ1n) is 8.18. The molecule has 0 radical (unpaired) electrons. The van der Waals surface area contributed by atoms with Gasteiger partial charge in [0, 0.05) is 37.6 Å². The van der Waals surface area contributed by atoms with Crippen LogP contribution >= 0.6 is 0 Å². The summed E-state index contributed by atoms with van der Waals surface area (Å²) in [7, 11) is -3.59. The summed E-state index contributed by atoms with van der Waals surface area (Å²) >= 11 is 0. The summed E-state index contributed by atoms with van der Waals surface area (Å²) in [5.74, 6) is 0.174. The third-order valence-electron chi connectivity index (χ3n) is 3.36. The maximum Gasteiger partial charge on any atom is 0.242 e. The number of sulfonamides is 1. The molecule has 0 unspecified atom stereocenters. The van der Waals surface area contributed by atoms with Crippen molar-refractivity contribution in [2.45, 2.75) is 18.4 Å². The fraction of sp³-hybridized carbons (Fsp3) is 0.294. The molecule has 1 heterocycles. The predicted octanol–water partition coefficient (Wildman–Crippen LogP) is 1.25. The smallest absolute Gasteiger partial charge is 0.242 e. The van der Waals surface area contributed by atoms with E-state index < -0.39 is 10.0 Å². The van der Waals surface area contributed by atoms with Gasteiger partial charge in [-0.1, -0.05) is 18.2 Å². The van der Waals surface area contributed by atoms with Crippen LogP contribution in [0.15, 0.2) is 58.7 Å². The van der Waals surface area contributed by atoms with Crippen LogP contribution < -0.4 is 15.4 Å². The minimum Gasteiger partial charge on any atom is -0.357 e. The van der Waals surface area contributed by atoms with E-state index >= 15 is 0 Å². The van der Waals surface area contributed by atoms with Crippen LogP contribution in [0.1, 0.15) is 12.5 Å². The van der Waals surface area contributed by atoms with Crippen LogP contribution in [0, 0.1) is 5.82 Å². The minimum absolute atomic E-state index is 0.111. The molecule has 140 valence electrons. The Morgan fingerprint density at radius 3 is 2.65 bits per heavy atom. The van der Waals surface area contributed by atoms with Gasteiger partial charge in [0.2, 0.25) is 10.0 Å². The highest BCUT2D eigenvalue weighted by atomic mass is 32.2. The summed E-state index contributed by atoms with van der Waals surface area (Å²) in [5, 5.41) is 6.04. The van der Waals surface area contributed by atoms with Crippen LogP contribution in [0.4, 0.5) is 4.39 Å². The van der Waals surface area contributed by atoms with Gasteiger partial charge < -0.3 is 10.6 Å². The van der Waals surface area contributed by atoms with Crippen LogP contribution in [0.3, 0.4) is 0 Å². The standard InChI is InChI=1S/C17H22FN5O2S/c1-2-20-17(22-12-14-6-3-4-8-16(14)18)21-10-11-23-26(24,25)15-7-5-9-19-13-15/h3-9,13,23H,2,10-12H2,1H3,(H2,20,21,22). The zero-order chi connectivity index (χ0) is 18.8. The largest absolute Gasteiger partial charge is 0.357 e. The molecule has 1 aromatic carbocycles. The van der Waals surface area contributed by atoms with Crippen molar-refractivity contribution in [2.75, 3.05) is 19.6 Å². The van der Waals surface area contributed by atoms with Gasteiger partial charge in [-0.15, -0.1) is 0 Å². The van der Waals surface area contributed by atoms with E-state index in [0.717, 1.165) is 0 Å². The highest BCUT2D eigenvalue weighted by molar-refractivity contribution is 7.89. The van der Waals surface area contributed by atoms with Crippen molar-refractivity contribution in [1.82, 2.24) is 20.3 Å². The second-order valence-electron chi connectivity index (χ2n) is 5.30. The summed E-state index contributed by atoms with van der Waals surface area (Å²) in [6.07, 6.45) is 2.80. The van der Waals surface area contributed by atoms with Gasteiger partial charge in [0.15, 0.2) is 5.96 Å². The van der Waals surface area contributed by atoms with E-state index in [4.69, 9.17) is 0 Å². The topological polar surface area (TPSA) is 95.5 Å². The van der Waals surface area contributed by atoms with Crippen molar-refractivity contribution in [2.24, 2.45) is 4.99 Å². The molecule has 0 saturated heterocycles. The summed E-state index contributed by atoms with van der Waals surface area (Å²) in [4.78, 5) is 8.21. The molecule has 2 aromatic rings. The lowest BCUT2D eigenvalue weighted by Gasteiger charge is -2.12. The van der Waals surface area contributed by atoms with E-state index in [1.165, 1.54) is 24.5 Å². The quantitative estimate of drug-likeness (QED) is 0.365. The van der Waals surface area contributed by atoms with E-state index in [-0.39, 0.29) is 23.8 Å². The minimum atomic E-state index is -3.59. The van der Waals surface area contributed by atoms with Gasteiger partial charge in [0.25, 0.3) is 0 Å². The summed E-state index contributed by atoms with van der Waals surface area (Å²) < 4.78 is 40.3. The number of guanidine groups is 1. The molecular formula is C17H22FN5O2S. The van der Waals surface area contributed by atoms with E-state index in [1.807, 2.05) is 6.92 Å². The molecule has 9 heteroatoms. The lowest BCUT2D eigenvalue weighted by Crippen LogP contribution is -2.41. The number of hydrogen-bond acceptors (Lipinski definition) is 4. The Labute approximate surface area is 152 Å². The molecular weight excluding hydrogens is 357 g/mol. The average Bonchev–Trinajstić information content (AvgIpc) is 2.65. The predicted molar refractivity (Wildman–Crippen MR) is 98.6 cm³/mol. The number of nitrogens with one attached hydrogen (secondary N) is 3. The molecule has 26 heavy (non-hydrogen) atoms. The Hall–Kier alpha value is -2.52. The fourth-order valence-electron chi connectivity index (χ4n) is 2.09. The van der Waals surface area contributed by atoms with Crippen molar-refractivity contribution in [3.63, 3.8) is 0 Å². The SMILES string of the molecule is CCNC(=NCc1ccccc1F)NCCNS(=O)(=O)c1cccnc1. The molecule has 0 aliphatic rings. The number of rotatable bonds is 8. The van der Waals surface area contributed by atoms with Crippen LogP contribution in [-0.4, -0.2) is 39.0 Å². The van der Waals surface area contributed by atoms with E-state index in [9.17, 15) is 12.8 Å². The number of halogens is 1. The normalized spacial score (nSPS) is 12.0. The highest BCUT2D eigenvalue weighted by Crippen LogP contribution is 2.07. The second-order valence-corrected chi connectivity index (χ2v) is 7.07. The molecule has 2 rings (SSSR count). The van der Waals surface area contributed by atoms with Crippen molar-refractivity contribution < 1.29 is 12.8 Å². The number of benzene rings is 1. The van der Waals surface area contributed by atoms with E-state index in [0.29, 0.717) is 24.6 Å². The number of nitrogens with zero attached hydrogens (tertiary/aromatic N) is 2. The summed E-state index contributed by atoms with van der Waals surface area (Å²) in [5.41, 5.74) is 0.488. The van der Waals surface area contributed by atoms with Gasteiger partial charge in [-0.05, 0) is 25.1 Å². The molecule has 0 aliphatic carbocycles. The second kappa shape index (κ2) is 9.83. The molecule has 0 saturated carbocycles. The van der Waals surface area contributed by atoms with Gasteiger partial charge >= 0.3 is 0 Å². The van der Waals surface area contributed by atoms with E-state index in [1.54, 1.807) is 24.3 Å². The van der Waals surface area contributed by atoms with Gasteiger partial charge in [0.1, 0.15) is 10.7 Å². The van der Waals surface area contributed by atoms with Gasteiger partial charge in [-0.25, -0.2) is 22.5 Å². The van der Waals surface area contributed by atoms with Crippen molar-refractivity contribution in [1.29, 1.82) is 0 Å². The molecule has 1 aromatic heterocycles. The van der Waals surface area contributed by atoms with Crippen molar-refractivity contribution in [3.8, 4) is 0 Å². The Morgan fingerprint density at radius 2 is 1.96 bits per heavy atom. The molecule has 0 bridgehead atoms. The number of pyridine rings is 1. The molecule has 0 spiro atoms. The first-order chi connectivity index (χ1) is 12.5. The van der Waals surface area contributed by atoms with Gasteiger partial charge in [-0.2, -0.15) is 0 Å². The Balaban J connectivity index is 1.87. The van der Waals surface area contributed by atoms with Crippen LogP contribution in [0.5, 0.6) is 0 Å². The maximum absolute atomic E-state index is 13.6. The number of aliphatic imine (C=N–C) groups is 1. The number of hydrogen-bond donors (Lipinski definition) is 3. The molecule has 7 nitrogen and oxygen atoms in total.